The van der Waals surface area contributed by atoms with Crippen LogP contribution in [0.15, 0.2) is 29.3 Å². The Labute approximate surface area is 129 Å². The fourth-order valence-electron chi connectivity index (χ4n) is 3.55. The summed E-state index contributed by atoms with van der Waals surface area (Å²) in [7, 11) is 0. The number of nitrogens with one attached hydrogen (secondary N) is 1. The molecule has 0 radical (unpaired) electrons. The minimum atomic E-state index is -0.114. The highest BCUT2D eigenvalue weighted by atomic mass is 16.3. The second-order valence-corrected chi connectivity index (χ2v) is 6.18. The van der Waals surface area contributed by atoms with Crippen molar-refractivity contribution in [3.05, 3.63) is 36.4 Å². The topological polar surface area (TPSA) is 58.4 Å². The molecule has 3 saturated heterocycles. The molecule has 2 aromatic heterocycles. The van der Waals surface area contributed by atoms with Gasteiger partial charge in [0, 0.05) is 30.2 Å². The monoisotopic (exact) mass is 297 g/mol. The molecule has 0 saturated carbocycles. The van der Waals surface area contributed by atoms with Gasteiger partial charge in [0.1, 0.15) is 17.0 Å². The van der Waals surface area contributed by atoms with Crippen molar-refractivity contribution in [1.82, 2.24) is 15.2 Å². The molecule has 5 rings (SSSR count). The Kier molecular flexibility index (Phi) is 3.22. The van der Waals surface area contributed by atoms with Crippen LogP contribution in [0.4, 0.5) is 0 Å². The molecule has 0 aliphatic carbocycles. The van der Waals surface area contributed by atoms with E-state index in [2.05, 4.69) is 21.8 Å². The number of rotatable bonds is 3. The molecule has 1 N–H and O–H groups in total. The molecular formula is C17H19N3O2. The van der Waals surface area contributed by atoms with Gasteiger partial charge in [-0.25, -0.2) is 0 Å². The molecule has 3 aliphatic heterocycles. The number of carbonyl (C=O) groups excluding carboxylic acids is 1. The summed E-state index contributed by atoms with van der Waals surface area (Å²) in [4.78, 5) is 19.1. The Morgan fingerprint density at radius 3 is 2.91 bits per heavy atom. The van der Waals surface area contributed by atoms with Gasteiger partial charge in [0.15, 0.2) is 0 Å². The van der Waals surface area contributed by atoms with Gasteiger partial charge in [-0.3, -0.25) is 9.78 Å². The lowest BCUT2D eigenvalue weighted by Gasteiger charge is -2.44. The van der Waals surface area contributed by atoms with Gasteiger partial charge in [-0.05, 0) is 44.0 Å². The smallest absolute Gasteiger partial charge is 0.270 e. The van der Waals surface area contributed by atoms with Crippen molar-refractivity contribution in [2.75, 3.05) is 19.6 Å². The molecule has 5 heterocycles. The molecule has 3 aliphatic rings. The second kappa shape index (κ2) is 5.25. The highest BCUT2D eigenvalue weighted by Gasteiger charge is 2.35. The molecule has 5 nitrogen and oxygen atoms in total. The minimum Gasteiger partial charge on any atom is -0.457 e. The zero-order valence-corrected chi connectivity index (χ0v) is 12.4. The van der Waals surface area contributed by atoms with Crippen LogP contribution < -0.4 is 5.32 Å². The van der Waals surface area contributed by atoms with Crippen LogP contribution in [0.5, 0.6) is 0 Å². The average molecular weight is 297 g/mol. The first kappa shape index (κ1) is 13.5. The van der Waals surface area contributed by atoms with E-state index in [1.165, 1.54) is 12.8 Å². The average Bonchev–Trinajstić information content (AvgIpc) is 2.98. The first-order valence-electron chi connectivity index (χ1n) is 7.78. The second-order valence-electron chi connectivity index (χ2n) is 6.18. The van der Waals surface area contributed by atoms with Crippen LogP contribution in [0.1, 0.15) is 29.1 Å². The molecule has 0 spiro atoms. The lowest BCUT2D eigenvalue weighted by atomic mass is 9.84. The Balaban J connectivity index is 1.53. The molecule has 1 amide bonds. The largest absolute Gasteiger partial charge is 0.457 e. The summed E-state index contributed by atoms with van der Waals surface area (Å²) in [6.07, 6.45) is 5.68. The van der Waals surface area contributed by atoms with E-state index in [4.69, 9.17) is 4.42 Å². The van der Waals surface area contributed by atoms with Crippen LogP contribution >= 0.6 is 0 Å². The van der Waals surface area contributed by atoms with Crippen LogP contribution in [0, 0.1) is 5.92 Å². The normalized spacial score (nSPS) is 27.0. The van der Waals surface area contributed by atoms with Gasteiger partial charge in [-0.15, -0.1) is 0 Å². The lowest BCUT2D eigenvalue weighted by Crippen LogP contribution is -2.57. The maximum Gasteiger partial charge on any atom is 0.270 e. The summed E-state index contributed by atoms with van der Waals surface area (Å²) in [5, 5.41) is 4.03. The third-order valence-electron chi connectivity index (χ3n) is 4.83. The van der Waals surface area contributed by atoms with Crippen molar-refractivity contribution < 1.29 is 9.21 Å². The van der Waals surface area contributed by atoms with Gasteiger partial charge < -0.3 is 14.6 Å². The highest BCUT2D eigenvalue weighted by Crippen LogP contribution is 2.27. The number of carbonyl (C=O) groups is 1. The number of amides is 1. The van der Waals surface area contributed by atoms with E-state index >= 15 is 0 Å². The maximum atomic E-state index is 12.5. The summed E-state index contributed by atoms with van der Waals surface area (Å²) in [6, 6.07) is 3.82. The number of aromatic nitrogens is 1. The number of furan rings is 1. The molecule has 114 valence electrons. The van der Waals surface area contributed by atoms with Crippen LogP contribution in [-0.2, 0) is 0 Å². The van der Waals surface area contributed by atoms with E-state index < -0.39 is 0 Å². The molecule has 22 heavy (non-hydrogen) atoms. The van der Waals surface area contributed by atoms with Crippen molar-refractivity contribution in [3.63, 3.8) is 0 Å². The summed E-state index contributed by atoms with van der Waals surface area (Å²) >= 11 is 0. The Bertz CT molecular complexity index is 729. The van der Waals surface area contributed by atoms with Crippen molar-refractivity contribution in [3.8, 4) is 0 Å². The molecule has 5 heteroatoms. The van der Waals surface area contributed by atoms with E-state index in [1.807, 2.05) is 6.07 Å². The molecule has 3 fully saturated rings. The molecular weight excluding hydrogens is 278 g/mol. The van der Waals surface area contributed by atoms with Crippen LogP contribution in [-0.4, -0.2) is 41.5 Å². The number of pyridine rings is 1. The first-order valence-corrected chi connectivity index (χ1v) is 7.78. The predicted octanol–water partition coefficient (Wildman–Crippen LogP) is 2.29. The molecule has 1 unspecified atom stereocenters. The predicted molar refractivity (Wildman–Crippen MR) is 84.5 cm³/mol. The van der Waals surface area contributed by atoms with E-state index in [9.17, 15) is 4.79 Å². The van der Waals surface area contributed by atoms with E-state index in [-0.39, 0.29) is 11.9 Å². The van der Waals surface area contributed by atoms with E-state index in [0.717, 1.165) is 25.0 Å². The van der Waals surface area contributed by atoms with Gasteiger partial charge in [-0.1, -0.05) is 6.58 Å². The molecule has 1 atom stereocenters. The SMILES string of the molecule is C=Cc1cc2cnc(C(=O)NC3CN4CCC3CC4)cc2o1. The molecule has 2 aromatic rings. The number of nitrogens with zero attached hydrogens (tertiary/aromatic N) is 2. The summed E-state index contributed by atoms with van der Waals surface area (Å²) in [5.74, 6) is 1.18. The molecule has 2 bridgehead atoms. The molecule has 0 aromatic carbocycles. The van der Waals surface area contributed by atoms with Gasteiger partial charge >= 0.3 is 0 Å². The summed E-state index contributed by atoms with van der Waals surface area (Å²) in [6.45, 7) is 6.97. The number of piperidine rings is 3. The fraction of sp³-hybridized carbons (Fsp3) is 0.412. The van der Waals surface area contributed by atoms with E-state index in [1.54, 1.807) is 18.3 Å². The Morgan fingerprint density at radius 2 is 2.23 bits per heavy atom. The van der Waals surface area contributed by atoms with Crippen LogP contribution in [0.25, 0.3) is 17.0 Å². The van der Waals surface area contributed by atoms with Gasteiger partial charge in [0.25, 0.3) is 5.91 Å². The quantitative estimate of drug-likeness (QED) is 0.944. The van der Waals surface area contributed by atoms with E-state index in [0.29, 0.717) is 23.0 Å². The van der Waals surface area contributed by atoms with Crippen LogP contribution in [0.2, 0.25) is 0 Å². The Hall–Kier alpha value is -2.14. The van der Waals surface area contributed by atoms with Gasteiger partial charge in [0.05, 0.1) is 0 Å². The third-order valence-corrected chi connectivity index (χ3v) is 4.83. The first-order chi connectivity index (χ1) is 10.7. The van der Waals surface area contributed by atoms with Crippen LogP contribution in [0.3, 0.4) is 0 Å². The summed E-state index contributed by atoms with van der Waals surface area (Å²) < 4.78 is 5.60. The van der Waals surface area contributed by atoms with Gasteiger partial charge in [-0.2, -0.15) is 0 Å². The minimum absolute atomic E-state index is 0.114. The lowest BCUT2D eigenvalue weighted by molar-refractivity contribution is 0.0618. The van der Waals surface area contributed by atoms with Crippen molar-refractivity contribution in [1.29, 1.82) is 0 Å². The van der Waals surface area contributed by atoms with Gasteiger partial charge in [0.2, 0.25) is 0 Å². The van der Waals surface area contributed by atoms with Crippen molar-refractivity contribution in [2.24, 2.45) is 5.92 Å². The summed E-state index contributed by atoms with van der Waals surface area (Å²) in [5.41, 5.74) is 1.08. The van der Waals surface area contributed by atoms with Crippen molar-refractivity contribution in [2.45, 2.75) is 18.9 Å². The number of hydrogen-bond acceptors (Lipinski definition) is 4. The standard InChI is InChI=1S/C17H19N3O2/c1-2-13-7-12-9-18-14(8-16(12)22-13)17(21)19-15-10-20-5-3-11(15)4-6-20/h2,7-9,11,15H,1,3-6,10H2,(H,19,21). The fourth-order valence-corrected chi connectivity index (χ4v) is 3.55. The third kappa shape index (κ3) is 2.31. The number of hydrogen-bond donors (Lipinski definition) is 1. The highest BCUT2D eigenvalue weighted by molar-refractivity contribution is 5.95. The zero-order chi connectivity index (χ0) is 15.1. The maximum absolute atomic E-state index is 12.5. The Morgan fingerprint density at radius 1 is 1.41 bits per heavy atom. The zero-order valence-electron chi connectivity index (χ0n) is 12.4. The number of fused-ring (bicyclic) bond motifs is 4. The van der Waals surface area contributed by atoms with Crippen molar-refractivity contribution >= 4 is 23.0 Å².